The van der Waals surface area contributed by atoms with Gasteiger partial charge in [0.25, 0.3) is 0 Å². The number of carbonyl (C=O) groups excluding carboxylic acids is 2. The molecule has 1 saturated carbocycles. The number of hydrogen-bond donors (Lipinski definition) is 3. The van der Waals surface area contributed by atoms with Crippen LogP contribution in [0.3, 0.4) is 0 Å². The van der Waals surface area contributed by atoms with Gasteiger partial charge in [0.15, 0.2) is 0 Å². The number of nitrogens with one attached hydrogen (secondary N) is 2. The lowest BCUT2D eigenvalue weighted by Gasteiger charge is -2.40. The van der Waals surface area contributed by atoms with Gasteiger partial charge in [-0.2, -0.15) is 5.26 Å². The Bertz CT molecular complexity index is 850. The first kappa shape index (κ1) is 19.9. The van der Waals surface area contributed by atoms with Crippen molar-refractivity contribution in [2.75, 3.05) is 19.6 Å². The summed E-state index contributed by atoms with van der Waals surface area (Å²) in [6.45, 7) is 4.02. The Balaban J connectivity index is 1.40. The van der Waals surface area contributed by atoms with E-state index in [9.17, 15) is 9.59 Å². The topological polar surface area (TPSA) is 105 Å². The van der Waals surface area contributed by atoms with Crippen molar-refractivity contribution in [3.63, 3.8) is 0 Å². The molecule has 0 radical (unpaired) electrons. The van der Waals surface area contributed by atoms with Gasteiger partial charge in [0, 0.05) is 19.6 Å². The Hall–Kier alpha value is -2.43. The minimum absolute atomic E-state index is 0.0384. The van der Waals surface area contributed by atoms with Gasteiger partial charge in [0.2, 0.25) is 11.8 Å². The molecule has 0 aromatic heterocycles. The molecule has 3 aliphatic rings. The van der Waals surface area contributed by atoms with Crippen molar-refractivity contribution >= 4 is 11.8 Å². The van der Waals surface area contributed by atoms with Crippen LogP contribution >= 0.6 is 0 Å². The number of likely N-dealkylation sites (tertiary alicyclic amines) is 1. The third-order valence-electron chi connectivity index (χ3n) is 7.07. The van der Waals surface area contributed by atoms with Crippen molar-refractivity contribution in [2.24, 2.45) is 11.3 Å². The fourth-order valence-electron chi connectivity index (χ4n) is 4.97. The van der Waals surface area contributed by atoms with E-state index in [1.807, 2.05) is 24.0 Å². The molecule has 7 nitrogen and oxygen atoms in total. The average molecular weight is 396 g/mol. The van der Waals surface area contributed by atoms with Crippen molar-refractivity contribution in [3.05, 3.63) is 34.9 Å². The Kier molecular flexibility index (Phi) is 5.32. The van der Waals surface area contributed by atoms with Crippen molar-refractivity contribution in [1.29, 1.82) is 5.26 Å². The maximum atomic E-state index is 13.2. The fraction of sp³-hybridized carbons (Fsp3) is 0.591. The molecule has 1 aromatic rings. The van der Waals surface area contributed by atoms with Crippen LogP contribution in [0.25, 0.3) is 0 Å². The van der Waals surface area contributed by atoms with Gasteiger partial charge in [-0.1, -0.05) is 12.1 Å². The van der Waals surface area contributed by atoms with E-state index in [0.717, 1.165) is 37.8 Å². The van der Waals surface area contributed by atoms with Crippen LogP contribution in [0.1, 0.15) is 54.7 Å². The monoisotopic (exact) mass is 396 g/mol. The number of nitrogens with zero attached hydrogens (tertiary/aromatic N) is 2. The van der Waals surface area contributed by atoms with Crippen molar-refractivity contribution < 1.29 is 14.8 Å². The zero-order valence-electron chi connectivity index (χ0n) is 16.8. The quantitative estimate of drug-likeness (QED) is 0.534. The third kappa shape index (κ3) is 3.87. The van der Waals surface area contributed by atoms with E-state index < -0.39 is 17.9 Å². The first-order valence-corrected chi connectivity index (χ1v) is 10.4. The van der Waals surface area contributed by atoms with Crippen LogP contribution in [0.2, 0.25) is 0 Å². The minimum atomic E-state index is -0.568. The second-order valence-electron chi connectivity index (χ2n) is 8.93. The number of benzene rings is 1. The molecule has 2 amide bonds. The molecule has 1 spiro atoms. The zero-order valence-corrected chi connectivity index (χ0v) is 16.8. The van der Waals surface area contributed by atoms with Gasteiger partial charge < -0.3 is 10.2 Å². The molecule has 0 bridgehead atoms. The summed E-state index contributed by atoms with van der Waals surface area (Å²) in [5.41, 5.74) is 4.80. The van der Waals surface area contributed by atoms with Crippen LogP contribution in [0.15, 0.2) is 18.2 Å². The Labute approximate surface area is 171 Å². The van der Waals surface area contributed by atoms with Gasteiger partial charge in [-0.15, -0.1) is 0 Å². The van der Waals surface area contributed by atoms with E-state index in [-0.39, 0.29) is 11.3 Å². The Morgan fingerprint density at radius 2 is 2.03 bits per heavy atom. The summed E-state index contributed by atoms with van der Waals surface area (Å²) in [6, 6.07) is 7.61. The van der Waals surface area contributed by atoms with Gasteiger partial charge >= 0.3 is 0 Å². The second-order valence-corrected chi connectivity index (χ2v) is 8.93. The van der Waals surface area contributed by atoms with E-state index >= 15 is 0 Å². The average Bonchev–Trinajstić information content (AvgIpc) is 3.51. The molecule has 29 heavy (non-hydrogen) atoms. The van der Waals surface area contributed by atoms with E-state index in [1.54, 1.807) is 5.48 Å². The lowest BCUT2D eigenvalue weighted by molar-refractivity contribution is -0.145. The molecular weight excluding hydrogens is 368 g/mol. The fourth-order valence-corrected chi connectivity index (χ4v) is 4.97. The van der Waals surface area contributed by atoms with Crippen molar-refractivity contribution in [3.8, 4) is 6.07 Å². The smallest absolute Gasteiger partial charge is 0.248 e. The summed E-state index contributed by atoms with van der Waals surface area (Å²) in [5, 5.41) is 21.5. The van der Waals surface area contributed by atoms with Crippen molar-refractivity contribution in [2.45, 2.75) is 51.0 Å². The molecule has 2 atom stereocenters. The largest absolute Gasteiger partial charge is 0.341 e. The molecule has 2 saturated heterocycles. The number of hydroxylamine groups is 1. The third-order valence-corrected chi connectivity index (χ3v) is 7.07. The molecule has 3 N–H and O–H groups in total. The molecule has 4 rings (SSSR count). The predicted molar refractivity (Wildman–Crippen MR) is 106 cm³/mol. The van der Waals surface area contributed by atoms with Crippen LogP contribution in [0, 0.1) is 29.6 Å². The molecule has 1 aliphatic carbocycles. The highest BCUT2D eigenvalue weighted by Crippen LogP contribution is 2.52. The number of carbonyl (C=O) groups is 2. The number of aryl methyl sites for hydroxylation is 1. The molecule has 154 valence electrons. The molecule has 7 heteroatoms. The summed E-state index contributed by atoms with van der Waals surface area (Å²) in [6.07, 6.45) is 4.54. The summed E-state index contributed by atoms with van der Waals surface area (Å²) >= 11 is 0. The molecule has 2 aliphatic heterocycles. The molecule has 3 fully saturated rings. The van der Waals surface area contributed by atoms with E-state index in [4.69, 9.17) is 10.5 Å². The summed E-state index contributed by atoms with van der Waals surface area (Å²) in [4.78, 5) is 27.2. The van der Waals surface area contributed by atoms with Gasteiger partial charge in [-0.25, -0.2) is 5.48 Å². The Morgan fingerprint density at radius 1 is 1.31 bits per heavy atom. The highest BCUT2D eigenvalue weighted by atomic mass is 16.5. The van der Waals surface area contributed by atoms with E-state index in [2.05, 4.69) is 17.5 Å². The number of piperidine rings is 2. The zero-order chi connectivity index (χ0) is 20.6. The van der Waals surface area contributed by atoms with E-state index in [0.29, 0.717) is 31.0 Å². The standard InChI is InChI=1S/C22H28N4O3/c1-14-10-16(2-3-17(14)12-23)15-4-8-26(9-5-15)21(28)19-18(20(27)25-29)11-22(6-7-22)13-24-19/h2-3,10,15,18-19,24,29H,4-9,11,13H2,1H3,(H,25,27). The number of amides is 2. The van der Waals surface area contributed by atoms with Crippen LogP contribution in [0.5, 0.6) is 0 Å². The SMILES string of the molecule is Cc1cc(C2CCN(C(=O)C3NCC4(CC4)CC3C(=O)NO)CC2)ccc1C#N. The number of rotatable bonds is 3. The van der Waals surface area contributed by atoms with Crippen molar-refractivity contribution in [1.82, 2.24) is 15.7 Å². The lowest BCUT2D eigenvalue weighted by atomic mass is 9.81. The summed E-state index contributed by atoms with van der Waals surface area (Å²) < 4.78 is 0. The normalized spacial score (nSPS) is 26.0. The van der Waals surface area contributed by atoms with Crippen LogP contribution in [0.4, 0.5) is 0 Å². The van der Waals surface area contributed by atoms with E-state index in [1.165, 1.54) is 5.56 Å². The minimum Gasteiger partial charge on any atom is -0.341 e. The first-order chi connectivity index (χ1) is 14.0. The molecule has 1 aromatic carbocycles. The highest BCUT2D eigenvalue weighted by molar-refractivity contribution is 5.90. The first-order valence-electron chi connectivity index (χ1n) is 10.4. The number of nitriles is 1. The Morgan fingerprint density at radius 3 is 2.62 bits per heavy atom. The van der Waals surface area contributed by atoms with Crippen LogP contribution in [-0.2, 0) is 9.59 Å². The predicted octanol–water partition coefficient (Wildman–Crippen LogP) is 1.84. The second kappa shape index (κ2) is 7.77. The molecule has 2 unspecified atom stereocenters. The lowest BCUT2D eigenvalue weighted by Crippen LogP contribution is -2.59. The molecule has 2 heterocycles. The van der Waals surface area contributed by atoms with Gasteiger partial charge in [-0.3, -0.25) is 14.8 Å². The van der Waals surface area contributed by atoms with Crippen LogP contribution in [-0.4, -0.2) is 47.6 Å². The van der Waals surface area contributed by atoms with Crippen LogP contribution < -0.4 is 10.8 Å². The van der Waals surface area contributed by atoms with Gasteiger partial charge in [0.05, 0.1) is 23.6 Å². The number of hydrogen-bond acceptors (Lipinski definition) is 5. The molecular formula is C22H28N4O3. The van der Waals surface area contributed by atoms with Gasteiger partial charge in [-0.05, 0) is 67.6 Å². The van der Waals surface area contributed by atoms with Gasteiger partial charge in [0.1, 0.15) is 0 Å². The maximum Gasteiger partial charge on any atom is 0.248 e. The highest BCUT2D eigenvalue weighted by Gasteiger charge is 2.52. The maximum absolute atomic E-state index is 13.2. The summed E-state index contributed by atoms with van der Waals surface area (Å²) in [5.74, 6) is -0.660. The summed E-state index contributed by atoms with van der Waals surface area (Å²) in [7, 11) is 0.